The second-order valence-electron chi connectivity index (χ2n) is 12.8. The Kier molecular flexibility index (Phi) is 7.92. The van der Waals surface area contributed by atoms with Gasteiger partial charge in [-0.1, -0.05) is 0 Å². The number of carbonyl (C=O) groups is 1. The van der Waals surface area contributed by atoms with E-state index in [4.69, 9.17) is 4.74 Å². The van der Waals surface area contributed by atoms with Gasteiger partial charge in [0.2, 0.25) is 0 Å². The second-order valence-corrected chi connectivity index (χ2v) is 12.8. The number of nitrogens with zero attached hydrogens (tertiary/aromatic N) is 3. The third-order valence-electron chi connectivity index (χ3n) is 9.88. The summed E-state index contributed by atoms with van der Waals surface area (Å²) in [5.41, 5.74) is -2.48. The predicted octanol–water partition coefficient (Wildman–Crippen LogP) is 6.59. The molecule has 0 aromatic heterocycles. The molecule has 0 spiro atoms. The van der Waals surface area contributed by atoms with Crippen LogP contribution >= 0.6 is 0 Å². The molecule has 6 rings (SSSR count). The van der Waals surface area contributed by atoms with E-state index in [-0.39, 0.29) is 66.4 Å². The van der Waals surface area contributed by atoms with Gasteiger partial charge in [-0.2, -0.15) is 26.3 Å². The number of ether oxygens (including phenoxy) is 1. The zero-order valence-electron chi connectivity index (χ0n) is 24.7. The number of amides is 1. The second kappa shape index (κ2) is 11.2. The number of aryl methyl sites for hydroxylation is 1. The van der Waals surface area contributed by atoms with Gasteiger partial charge in [-0.15, -0.1) is 0 Å². The van der Waals surface area contributed by atoms with Crippen LogP contribution in [0.1, 0.15) is 60.4 Å². The fourth-order valence-corrected chi connectivity index (χ4v) is 7.35. The van der Waals surface area contributed by atoms with E-state index >= 15 is 0 Å². The maximum atomic E-state index is 14.0. The first-order valence-electron chi connectivity index (χ1n) is 15.2. The first kappa shape index (κ1) is 31.1. The summed E-state index contributed by atoms with van der Waals surface area (Å²) in [6.45, 7) is 6.15. The SMILES string of the molecule is Cc1cc(N2CCN([C@@H]3CC[C@@](C(=O)N4CCc5c(cc(C(F)(F)F)cc5C(F)(F)F)C4)(C4CC4)OC3)CC2C)ccc1F. The molecular formula is C32H36F7N3O2. The largest absolute Gasteiger partial charge is 0.416 e. The molecule has 12 heteroatoms. The van der Waals surface area contributed by atoms with E-state index in [0.29, 0.717) is 25.0 Å². The minimum atomic E-state index is -4.95. The van der Waals surface area contributed by atoms with Crippen molar-refractivity contribution in [2.75, 3.05) is 37.7 Å². The normalized spacial score (nSPS) is 26.9. The summed E-state index contributed by atoms with van der Waals surface area (Å²) in [6.07, 6.45) is -7.31. The number of piperazine rings is 1. The Labute approximate surface area is 251 Å². The van der Waals surface area contributed by atoms with Crippen molar-refractivity contribution >= 4 is 11.6 Å². The van der Waals surface area contributed by atoms with Crippen LogP contribution in [0.25, 0.3) is 0 Å². The molecule has 2 aromatic carbocycles. The molecule has 2 saturated heterocycles. The number of benzene rings is 2. The van der Waals surface area contributed by atoms with Crippen molar-refractivity contribution in [2.45, 2.75) is 82.5 Å². The van der Waals surface area contributed by atoms with Crippen LogP contribution in [0.15, 0.2) is 30.3 Å². The van der Waals surface area contributed by atoms with Crippen LogP contribution in [0.4, 0.5) is 36.4 Å². The third kappa shape index (κ3) is 5.79. The molecule has 0 N–H and O–H groups in total. The minimum absolute atomic E-state index is 0.0100. The Balaban J connectivity index is 1.14. The van der Waals surface area contributed by atoms with Gasteiger partial charge in [0, 0.05) is 50.5 Å². The predicted molar refractivity (Wildman–Crippen MR) is 150 cm³/mol. The van der Waals surface area contributed by atoms with E-state index < -0.39 is 29.1 Å². The summed E-state index contributed by atoms with van der Waals surface area (Å²) < 4.78 is 102. The molecule has 0 bridgehead atoms. The quantitative estimate of drug-likeness (QED) is 0.359. The van der Waals surface area contributed by atoms with E-state index in [1.54, 1.807) is 13.0 Å². The molecule has 1 unspecified atom stereocenters. The standard InChI is InChI=1S/C32H36F7N3O2/c1-19-13-24(5-6-28(19)33)42-12-11-40(16-20(42)2)25-7-9-30(44-18-25,22-3-4-22)29(43)41-10-8-26-21(17-41)14-23(31(34,35)36)15-27(26)32(37,38)39/h5-6,13-15,20,22,25H,3-4,7-12,16-18H2,1-2H3/t20?,25-,30+/m1/s1. The number of fused-ring (bicyclic) bond motifs is 1. The summed E-state index contributed by atoms with van der Waals surface area (Å²) in [5, 5.41) is 0. The van der Waals surface area contributed by atoms with Crippen LogP contribution in [0.3, 0.4) is 0 Å². The number of anilines is 1. The lowest BCUT2D eigenvalue weighted by Crippen LogP contribution is -2.61. The Morgan fingerprint density at radius 1 is 0.977 bits per heavy atom. The first-order chi connectivity index (χ1) is 20.7. The van der Waals surface area contributed by atoms with Crippen molar-refractivity contribution in [1.82, 2.24) is 9.80 Å². The van der Waals surface area contributed by atoms with Crippen molar-refractivity contribution < 1.29 is 40.3 Å². The molecule has 44 heavy (non-hydrogen) atoms. The molecule has 1 saturated carbocycles. The third-order valence-corrected chi connectivity index (χ3v) is 9.88. The van der Waals surface area contributed by atoms with Crippen molar-refractivity contribution in [2.24, 2.45) is 5.92 Å². The van der Waals surface area contributed by atoms with E-state index in [2.05, 4.69) is 16.7 Å². The molecular weight excluding hydrogens is 591 g/mol. The Bertz CT molecular complexity index is 1410. The first-order valence-corrected chi connectivity index (χ1v) is 15.2. The van der Waals surface area contributed by atoms with Gasteiger partial charge < -0.3 is 14.5 Å². The fraction of sp³-hybridized carbons (Fsp3) is 0.594. The van der Waals surface area contributed by atoms with Crippen molar-refractivity contribution in [3.05, 3.63) is 64.0 Å². The Hall–Kier alpha value is -2.86. The van der Waals surface area contributed by atoms with Crippen molar-refractivity contribution in [3.63, 3.8) is 0 Å². The van der Waals surface area contributed by atoms with Gasteiger partial charge in [-0.25, -0.2) is 4.39 Å². The Morgan fingerprint density at radius 3 is 2.32 bits per heavy atom. The maximum absolute atomic E-state index is 14.0. The minimum Gasteiger partial charge on any atom is -0.366 e. The van der Waals surface area contributed by atoms with Gasteiger partial charge in [0.15, 0.2) is 0 Å². The van der Waals surface area contributed by atoms with Crippen LogP contribution in [-0.4, -0.2) is 66.2 Å². The van der Waals surface area contributed by atoms with Crippen molar-refractivity contribution in [3.8, 4) is 0 Å². The summed E-state index contributed by atoms with van der Waals surface area (Å²) >= 11 is 0. The number of hydrogen-bond acceptors (Lipinski definition) is 4. The van der Waals surface area contributed by atoms with Gasteiger partial charge in [-0.05, 0) is 98.9 Å². The van der Waals surface area contributed by atoms with E-state index in [0.717, 1.165) is 44.2 Å². The highest BCUT2D eigenvalue weighted by atomic mass is 19.4. The molecule has 3 atom stereocenters. The topological polar surface area (TPSA) is 36.0 Å². The number of rotatable bonds is 4. The Morgan fingerprint density at radius 2 is 1.73 bits per heavy atom. The summed E-state index contributed by atoms with van der Waals surface area (Å²) in [7, 11) is 0. The van der Waals surface area contributed by atoms with Gasteiger partial charge >= 0.3 is 12.4 Å². The van der Waals surface area contributed by atoms with Crippen molar-refractivity contribution in [1.29, 1.82) is 0 Å². The maximum Gasteiger partial charge on any atom is 0.416 e. The number of hydrogen-bond donors (Lipinski definition) is 0. The lowest BCUT2D eigenvalue weighted by atomic mass is 9.84. The van der Waals surface area contributed by atoms with E-state index in [9.17, 15) is 35.5 Å². The van der Waals surface area contributed by atoms with E-state index in [1.165, 1.54) is 11.0 Å². The molecule has 3 heterocycles. The molecule has 3 aliphatic heterocycles. The number of alkyl halides is 6. The van der Waals surface area contributed by atoms with Crippen LogP contribution in [0.5, 0.6) is 0 Å². The van der Waals surface area contributed by atoms with Crippen LogP contribution < -0.4 is 4.90 Å². The van der Waals surface area contributed by atoms with Gasteiger partial charge in [0.1, 0.15) is 11.4 Å². The molecule has 2 aromatic rings. The molecule has 0 radical (unpaired) electrons. The van der Waals surface area contributed by atoms with Crippen LogP contribution in [-0.2, 0) is 34.8 Å². The summed E-state index contributed by atoms with van der Waals surface area (Å²) in [5.74, 6) is -0.582. The average Bonchev–Trinajstić information content (AvgIpc) is 3.83. The number of carbonyl (C=O) groups excluding carboxylic acids is 1. The van der Waals surface area contributed by atoms with Crippen LogP contribution in [0, 0.1) is 18.7 Å². The molecule has 1 amide bonds. The highest BCUT2D eigenvalue weighted by Crippen LogP contribution is 2.49. The molecule has 5 nitrogen and oxygen atoms in total. The highest BCUT2D eigenvalue weighted by Gasteiger charge is 2.56. The number of halogens is 7. The monoisotopic (exact) mass is 627 g/mol. The van der Waals surface area contributed by atoms with Gasteiger partial charge in [0.05, 0.1) is 17.7 Å². The molecule has 4 aliphatic rings. The lowest BCUT2D eigenvalue weighted by molar-refractivity contribution is -0.176. The summed E-state index contributed by atoms with van der Waals surface area (Å²) in [6, 6.07) is 6.31. The fourth-order valence-electron chi connectivity index (χ4n) is 7.35. The lowest BCUT2D eigenvalue weighted by Gasteiger charge is -2.49. The van der Waals surface area contributed by atoms with Gasteiger partial charge in [0.25, 0.3) is 5.91 Å². The molecule has 1 aliphatic carbocycles. The van der Waals surface area contributed by atoms with Gasteiger partial charge in [-0.3, -0.25) is 9.69 Å². The summed E-state index contributed by atoms with van der Waals surface area (Å²) in [4.78, 5) is 20.0. The average molecular weight is 628 g/mol. The molecule has 240 valence electrons. The zero-order chi connectivity index (χ0) is 31.6. The highest BCUT2D eigenvalue weighted by molar-refractivity contribution is 5.86. The molecule has 3 fully saturated rings. The zero-order valence-corrected chi connectivity index (χ0v) is 24.7. The van der Waals surface area contributed by atoms with Crippen LogP contribution in [0.2, 0.25) is 0 Å². The van der Waals surface area contributed by atoms with E-state index in [1.807, 2.05) is 6.07 Å². The smallest absolute Gasteiger partial charge is 0.366 e.